The predicted octanol–water partition coefficient (Wildman–Crippen LogP) is 4.66. The molecule has 0 aromatic heterocycles. The second-order valence-corrected chi connectivity index (χ2v) is 9.44. The lowest BCUT2D eigenvalue weighted by Crippen LogP contribution is -2.63. The summed E-state index contributed by atoms with van der Waals surface area (Å²) in [5.74, 6) is 2.81. The molecule has 2 bridgehead atoms. The van der Waals surface area contributed by atoms with Crippen molar-refractivity contribution >= 4 is 0 Å². The Kier molecular flexibility index (Phi) is 3.57. The van der Waals surface area contributed by atoms with Crippen molar-refractivity contribution in [1.29, 1.82) is 0 Å². The SMILES string of the molecule is C=C1C[C@H](C)[C@H]2[C@@H]3Cc4ccc(O)cc4[C@]2(CCN3CC2CCC2)C1. The Morgan fingerprint density at radius 2 is 2.12 bits per heavy atom. The van der Waals surface area contributed by atoms with E-state index in [1.807, 2.05) is 6.07 Å². The van der Waals surface area contributed by atoms with Crippen molar-refractivity contribution in [2.24, 2.45) is 17.8 Å². The lowest BCUT2D eigenvalue weighted by Gasteiger charge is -2.62. The molecule has 5 rings (SSSR count). The normalized spacial score (nSPS) is 38.0. The standard InChI is InChI=1S/C23H31NO/c1-15-10-16(2)22-21-11-18-6-7-19(25)12-20(18)23(22,13-15)8-9-24(21)14-17-4-3-5-17/h6-7,12,16-17,21-22,25H,1,3-5,8-11,13-14H2,2H3/t16-,21-,22-,23-/m0/s1. The molecule has 0 unspecified atom stereocenters. The van der Waals surface area contributed by atoms with Crippen molar-refractivity contribution in [3.05, 3.63) is 41.5 Å². The second-order valence-electron chi connectivity index (χ2n) is 9.44. The lowest BCUT2D eigenvalue weighted by molar-refractivity contribution is -0.0376. The van der Waals surface area contributed by atoms with Crippen LogP contribution in [0.2, 0.25) is 0 Å². The molecule has 0 amide bonds. The minimum atomic E-state index is 0.224. The van der Waals surface area contributed by atoms with Crippen molar-refractivity contribution in [3.8, 4) is 5.75 Å². The maximum atomic E-state index is 10.2. The van der Waals surface area contributed by atoms with Crippen molar-refractivity contribution in [1.82, 2.24) is 4.90 Å². The first-order chi connectivity index (χ1) is 12.1. The number of nitrogens with zero attached hydrogens (tertiary/aromatic N) is 1. The molecular formula is C23H31NO. The third-order valence-electron chi connectivity index (χ3n) is 7.93. The number of phenolic OH excluding ortho intramolecular Hbond substituents is 1. The number of allylic oxidation sites excluding steroid dienone is 1. The Morgan fingerprint density at radius 3 is 2.88 bits per heavy atom. The van der Waals surface area contributed by atoms with Crippen LogP contribution in [-0.4, -0.2) is 29.1 Å². The fraction of sp³-hybridized carbons (Fsp3) is 0.652. The Morgan fingerprint density at radius 1 is 1.28 bits per heavy atom. The third kappa shape index (κ3) is 2.33. The summed E-state index contributed by atoms with van der Waals surface area (Å²) in [5, 5.41) is 10.2. The Bertz CT molecular complexity index is 706. The quantitative estimate of drug-likeness (QED) is 0.793. The van der Waals surface area contributed by atoms with E-state index in [2.05, 4.69) is 30.5 Å². The first-order valence-electron chi connectivity index (χ1n) is 10.3. The molecule has 1 saturated heterocycles. The number of fused-ring (bicyclic) bond motifs is 1. The average Bonchev–Trinajstić information content (AvgIpc) is 2.52. The number of rotatable bonds is 2. The molecule has 1 aliphatic heterocycles. The smallest absolute Gasteiger partial charge is 0.115 e. The van der Waals surface area contributed by atoms with Crippen LogP contribution in [-0.2, 0) is 11.8 Å². The minimum absolute atomic E-state index is 0.224. The van der Waals surface area contributed by atoms with Crippen molar-refractivity contribution in [3.63, 3.8) is 0 Å². The van der Waals surface area contributed by atoms with Crippen LogP contribution in [0.1, 0.15) is 56.6 Å². The minimum Gasteiger partial charge on any atom is -0.508 e. The molecule has 2 nitrogen and oxygen atoms in total. The molecule has 1 aromatic carbocycles. The summed E-state index contributed by atoms with van der Waals surface area (Å²) in [6.07, 6.45) is 9.05. The third-order valence-corrected chi connectivity index (χ3v) is 7.93. The molecule has 1 N–H and O–H groups in total. The van der Waals surface area contributed by atoms with Crippen molar-refractivity contribution in [2.45, 2.75) is 63.3 Å². The molecule has 4 aliphatic rings. The van der Waals surface area contributed by atoms with E-state index in [-0.39, 0.29) is 5.41 Å². The Labute approximate surface area is 151 Å². The highest BCUT2D eigenvalue weighted by Gasteiger charge is 2.56. The zero-order valence-electron chi connectivity index (χ0n) is 15.5. The topological polar surface area (TPSA) is 23.5 Å². The van der Waals surface area contributed by atoms with Gasteiger partial charge in [0.15, 0.2) is 0 Å². The summed E-state index contributed by atoms with van der Waals surface area (Å²) < 4.78 is 0. The molecule has 25 heavy (non-hydrogen) atoms. The van der Waals surface area contributed by atoms with Gasteiger partial charge in [-0.05, 0) is 86.1 Å². The van der Waals surface area contributed by atoms with Gasteiger partial charge in [0.2, 0.25) is 0 Å². The van der Waals surface area contributed by atoms with Crippen LogP contribution in [0.3, 0.4) is 0 Å². The number of phenols is 1. The Hall–Kier alpha value is -1.28. The molecule has 2 heteroatoms. The monoisotopic (exact) mass is 337 g/mol. The molecule has 0 spiro atoms. The fourth-order valence-corrected chi connectivity index (χ4v) is 6.83. The number of aromatic hydroxyl groups is 1. The van der Waals surface area contributed by atoms with Crippen LogP contribution < -0.4 is 0 Å². The molecule has 2 saturated carbocycles. The van der Waals surface area contributed by atoms with Gasteiger partial charge in [-0.3, -0.25) is 4.90 Å². The van der Waals surface area contributed by atoms with E-state index in [1.165, 1.54) is 68.3 Å². The van der Waals surface area contributed by atoms with Gasteiger partial charge in [-0.15, -0.1) is 0 Å². The van der Waals surface area contributed by atoms with Crippen LogP contribution in [0.5, 0.6) is 5.75 Å². The van der Waals surface area contributed by atoms with E-state index < -0.39 is 0 Å². The summed E-state index contributed by atoms with van der Waals surface area (Å²) in [4.78, 5) is 2.85. The fourth-order valence-electron chi connectivity index (χ4n) is 6.83. The van der Waals surface area contributed by atoms with Crippen molar-refractivity contribution in [2.75, 3.05) is 13.1 Å². The van der Waals surface area contributed by atoms with Crippen LogP contribution in [0.4, 0.5) is 0 Å². The van der Waals surface area contributed by atoms with E-state index in [4.69, 9.17) is 0 Å². The molecule has 1 aromatic rings. The van der Waals surface area contributed by atoms with E-state index in [0.717, 1.165) is 18.3 Å². The van der Waals surface area contributed by atoms with Crippen LogP contribution in [0.15, 0.2) is 30.4 Å². The van der Waals surface area contributed by atoms with Gasteiger partial charge < -0.3 is 5.11 Å². The molecule has 1 heterocycles. The van der Waals surface area contributed by atoms with E-state index in [9.17, 15) is 5.11 Å². The van der Waals surface area contributed by atoms with E-state index in [1.54, 1.807) is 0 Å². The molecule has 3 fully saturated rings. The van der Waals surface area contributed by atoms with E-state index in [0.29, 0.717) is 17.7 Å². The number of benzene rings is 1. The van der Waals surface area contributed by atoms with Gasteiger partial charge in [0.25, 0.3) is 0 Å². The first kappa shape index (κ1) is 15.9. The second kappa shape index (κ2) is 5.61. The lowest BCUT2D eigenvalue weighted by atomic mass is 9.49. The summed E-state index contributed by atoms with van der Waals surface area (Å²) in [7, 11) is 0. The highest BCUT2D eigenvalue weighted by molar-refractivity contribution is 5.46. The summed E-state index contributed by atoms with van der Waals surface area (Å²) in [6.45, 7) is 9.41. The van der Waals surface area contributed by atoms with Gasteiger partial charge in [-0.1, -0.05) is 31.6 Å². The van der Waals surface area contributed by atoms with Crippen LogP contribution in [0, 0.1) is 17.8 Å². The summed E-state index contributed by atoms with van der Waals surface area (Å²) in [6, 6.07) is 6.87. The van der Waals surface area contributed by atoms with Gasteiger partial charge in [-0.25, -0.2) is 0 Å². The van der Waals surface area contributed by atoms with Gasteiger partial charge in [0, 0.05) is 18.0 Å². The van der Waals surface area contributed by atoms with Crippen LogP contribution in [0.25, 0.3) is 0 Å². The maximum absolute atomic E-state index is 10.2. The largest absolute Gasteiger partial charge is 0.508 e. The predicted molar refractivity (Wildman–Crippen MR) is 102 cm³/mol. The van der Waals surface area contributed by atoms with Gasteiger partial charge in [-0.2, -0.15) is 0 Å². The molecule has 3 aliphatic carbocycles. The molecule has 0 radical (unpaired) electrons. The Balaban J connectivity index is 1.59. The zero-order chi connectivity index (χ0) is 17.2. The molecule has 134 valence electrons. The van der Waals surface area contributed by atoms with Crippen LogP contribution >= 0.6 is 0 Å². The highest BCUT2D eigenvalue weighted by atomic mass is 16.3. The number of likely N-dealkylation sites (tertiary alicyclic amines) is 1. The number of hydrogen-bond donors (Lipinski definition) is 1. The molecular weight excluding hydrogens is 306 g/mol. The van der Waals surface area contributed by atoms with E-state index >= 15 is 0 Å². The molecule has 4 atom stereocenters. The summed E-state index contributed by atoms with van der Waals surface area (Å²) >= 11 is 0. The maximum Gasteiger partial charge on any atom is 0.115 e. The van der Waals surface area contributed by atoms with Gasteiger partial charge >= 0.3 is 0 Å². The summed E-state index contributed by atoms with van der Waals surface area (Å²) in [5.41, 5.74) is 4.58. The van der Waals surface area contributed by atoms with Gasteiger partial charge in [0.05, 0.1) is 0 Å². The number of piperidine rings is 1. The number of hydrogen-bond acceptors (Lipinski definition) is 2. The zero-order valence-corrected chi connectivity index (χ0v) is 15.5. The van der Waals surface area contributed by atoms with Crippen molar-refractivity contribution < 1.29 is 5.11 Å². The average molecular weight is 338 g/mol. The first-order valence-corrected chi connectivity index (χ1v) is 10.3. The highest BCUT2D eigenvalue weighted by Crippen LogP contribution is 2.59. The van der Waals surface area contributed by atoms with Gasteiger partial charge in [0.1, 0.15) is 5.75 Å².